The fourth-order valence-electron chi connectivity index (χ4n) is 2.09. The first-order valence-electron chi connectivity index (χ1n) is 6.24. The van der Waals surface area contributed by atoms with Crippen LogP contribution in [0.5, 0.6) is 5.75 Å². The van der Waals surface area contributed by atoms with Crippen molar-refractivity contribution in [1.29, 1.82) is 0 Å². The Hall–Kier alpha value is -1.55. The molecule has 0 saturated carbocycles. The van der Waals surface area contributed by atoms with Gasteiger partial charge in [-0.25, -0.2) is 0 Å². The van der Waals surface area contributed by atoms with Crippen LogP contribution in [-0.4, -0.2) is 32.3 Å². The SMILES string of the molecule is COC(=O)CNC(C)Cc1ccc2c(c1)OCC2. The molecule has 0 spiro atoms. The van der Waals surface area contributed by atoms with Crippen molar-refractivity contribution >= 4 is 5.97 Å². The van der Waals surface area contributed by atoms with Gasteiger partial charge in [0, 0.05) is 12.5 Å². The van der Waals surface area contributed by atoms with Gasteiger partial charge in [0.05, 0.1) is 20.3 Å². The van der Waals surface area contributed by atoms with E-state index in [-0.39, 0.29) is 18.6 Å². The van der Waals surface area contributed by atoms with Gasteiger partial charge in [0.25, 0.3) is 0 Å². The molecule has 0 radical (unpaired) electrons. The molecule has 0 aliphatic carbocycles. The summed E-state index contributed by atoms with van der Waals surface area (Å²) in [6.07, 6.45) is 1.87. The molecular formula is C14H19NO3. The number of nitrogens with one attached hydrogen (secondary N) is 1. The van der Waals surface area contributed by atoms with E-state index >= 15 is 0 Å². The molecule has 0 saturated heterocycles. The molecule has 4 nitrogen and oxygen atoms in total. The topological polar surface area (TPSA) is 47.6 Å². The van der Waals surface area contributed by atoms with Crippen LogP contribution in [0.1, 0.15) is 18.1 Å². The zero-order chi connectivity index (χ0) is 13.0. The van der Waals surface area contributed by atoms with Gasteiger partial charge in [-0.1, -0.05) is 12.1 Å². The standard InChI is InChI=1S/C14H19NO3/c1-10(15-9-14(16)17-2)7-11-3-4-12-5-6-18-13(12)8-11/h3-4,8,10,15H,5-7,9H2,1-2H3. The fraction of sp³-hybridized carbons (Fsp3) is 0.500. The lowest BCUT2D eigenvalue weighted by Gasteiger charge is -2.13. The van der Waals surface area contributed by atoms with Gasteiger partial charge >= 0.3 is 5.97 Å². The van der Waals surface area contributed by atoms with Crippen LogP contribution < -0.4 is 10.1 Å². The Balaban J connectivity index is 1.87. The molecular weight excluding hydrogens is 230 g/mol. The van der Waals surface area contributed by atoms with Crippen LogP contribution in [0.4, 0.5) is 0 Å². The molecule has 2 rings (SSSR count). The number of hydrogen-bond acceptors (Lipinski definition) is 4. The van der Waals surface area contributed by atoms with E-state index in [2.05, 4.69) is 35.2 Å². The lowest BCUT2D eigenvalue weighted by molar-refractivity contribution is -0.139. The summed E-state index contributed by atoms with van der Waals surface area (Å²) in [6, 6.07) is 6.58. The first kappa shape index (κ1) is 12.9. The second-order valence-corrected chi connectivity index (χ2v) is 4.60. The number of ether oxygens (including phenoxy) is 2. The number of esters is 1. The molecule has 1 atom stereocenters. The van der Waals surface area contributed by atoms with Gasteiger partial charge in [-0.2, -0.15) is 0 Å². The smallest absolute Gasteiger partial charge is 0.319 e. The predicted molar refractivity (Wildman–Crippen MR) is 68.8 cm³/mol. The number of rotatable bonds is 5. The van der Waals surface area contributed by atoms with Gasteiger partial charge in [0.2, 0.25) is 0 Å². The summed E-state index contributed by atoms with van der Waals surface area (Å²) in [5.74, 6) is 0.770. The summed E-state index contributed by atoms with van der Waals surface area (Å²) in [7, 11) is 1.40. The molecule has 0 amide bonds. The normalized spacial score (nSPS) is 14.8. The van der Waals surface area contributed by atoms with Crippen molar-refractivity contribution in [3.8, 4) is 5.75 Å². The summed E-state index contributed by atoms with van der Waals surface area (Å²) in [5, 5.41) is 3.13. The maximum Gasteiger partial charge on any atom is 0.319 e. The minimum absolute atomic E-state index is 0.226. The molecule has 0 bridgehead atoms. The van der Waals surface area contributed by atoms with E-state index < -0.39 is 0 Å². The highest BCUT2D eigenvalue weighted by atomic mass is 16.5. The summed E-state index contributed by atoms with van der Waals surface area (Å²) in [6.45, 7) is 3.09. The summed E-state index contributed by atoms with van der Waals surface area (Å²) in [4.78, 5) is 11.0. The molecule has 18 heavy (non-hydrogen) atoms. The Bertz CT molecular complexity index is 431. The molecule has 1 heterocycles. The zero-order valence-corrected chi connectivity index (χ0v) is 10.9. The number of fused-ring (bicyclic) bond motifs is 1. The second-order valence-electron chi connectivity index (χ2n) is 4.60. The van der Waals surface area contributed by atoms with Crippen LogP contribution >= 0.6 is 0 Å². The minimum Gasteiger partial charge on any atom is -0.493 e. The van der Waals surface area contributed by atoms with Gasteiger partial charge in [-0.3, -0.25) is 4.79 Å². The Morgan fingerprint density at radius 3 is 3.17 bits per heavy atom. The van der Waals surface area contributed by atoms with E-state index in [1.54, 1.807) is 0 Å². The zero-order valence-electron chi connectivity index (χ0n) is 10.9. The Labute approximate surface area is 107 Å². The molecule has 0 aromatic heterocycles. The minimum atomic E-state index is -0.237. The van der Waals surface area contributed by atoms with Gasteiger partial charge in [-0.15, -0.1) is 0 Å². The fourth-order valence-corrected chi connectivity index (χ4v) is 2.09. The van der Waals surface area contributed by atoms with Crippen molar-refractivity contribution < 1.29 is 14.3 Å². The van der Waals surface area contributed by atoms with Crippen molar-refractivity contribution in [3.05, 3.63) is 29.3 Å². The average Bonchev–Trinajstić information content (AvgIpc) is 2.83. The summed E-state index contributed by atoms with van der Waals surface area (Å²) < 4.78 is 10.1. The maximum absolute atomic E-state index is 11.0. The van der Waals surface area contributed by atoms with Crippen LogP contribution in [0, 0.1) is 0 Å². The lowest BCUT2D eigenvalue weighted by Crippen LogP contribution is -2.33. The molecule has 4 heteroatoms. The van der Waals surface area contributed by atoms with Crippen LogP contribution in [0.15, 0.2) is 18.2 Å². The molecule has 1 aromatic carbocycles. The predicted octanol–water partition coefficient (Wildman–Crippen LogP) is 1.32. The van der Waals surface area contributed by atoms with E-state index in [0.717, 1.165) is 25.2 Å². The van der Waals surface area contributed by atoms with E-state index in [1.165, 1.54) is 18.2 Å². The quantitative estimate of drug-likeness (QED) is 0.799. The Morgan fingerprint density at radius 1 is 1.56 bits per heavy atom. The summed E-state index contributed by atoms with van der Waals surface area (Å²) in [5.41, 5.74) is 2.51. The number of carbonyl (C=O) groups excluding carboxylic acids is 1. The second kappa shape index (κ2) is 5.87. The molecule has 1 unspecified atom stereocenters. The van der Waals surface area contributed by atoms with Gasteiger partial charge in [0.1, 0.15) is 5.75 Å². The third kappa shape index (κ3) is 3.23. The van der Waals surface area contributed by atoms with Gasteiger partial charge in [-0.05, 0) is 30.5 Å². The van der Waals surface area contributed by atoms with Crippen molar-refractivity contribution in [2.24, 2.45) is 0 Å². The van der Waals surface area contributed by atoms with Gasteiger partial charge in [0.15, 0.2) is 0 Å². The van der Waals surface area contributed by atoms with Crippen LogP contribution in [0.3, 0.4) is 0 Å². The average molecular weight is 249 g/mol. The van der Waals surface area contributed by atoms with Gasteiger partial charge < -0.3 is 14.8 Å². The third-order valence-electron chi connectivity index (χ3n) is 3.12. The first-order chi connectivity index (χ1) is 8.69. The van der Waals surface area contributed by atoms with E-state index in [9.17, 15) is 4.79 Å². The Morgan fingerprint density at radius 2 is 2.39 bits per heavy atom. The molecule has 1 aliphatic rings. The highest BCUT2D eigenvalue weighted by Gasteiger charge is 2.13. The molecule has 98 valence electrons. The van der Waals surface area contributed by atoms with E-state index in [1.807, 2.05) is 0 Å². The van der Waals surface area contributed by atoms with Crippen molar-refractivity contribution in [3.63, 3.8) is 0 Å². The van der Waals surface area contributed by atoms with Crippen LogP contribution in [-0.2, 0) is 22.4 Å². The molecule has 0 fully saturated rings. The summed E-state index contributed by atoms with van der Waals surface area (Å²) >= 11 is 0. The highest BCUT2D eigenvalue weighted by Crippen LogP contribution is 2.26. The van der Waals surface area contributed by atoms with E-state index in [4.69, 9.17) is 4.74 Å². The number of benzene rings is 1. The van der Waals surface area contributed by atoms with Crippen LogP contribution in [0.25, 0.3) is 0 Å². The largest absolute Gasteiger partial charge is 0.493 e. The monoisotopic (exact) mass is 249 g/mol. The van der Waals surface area contributed by atoms with Crippen molar-refractivity contribution in [2.75, 3.05) is 20.3 Å². The number of methoxy groups -OCH3 is 1. The van der Waals surface area contributed by atoms with Crippen molar-refractivity contribution in [1.82, 2.24) is 5.32 Å². The van der Waals surface area contributed by atoms with Crippen LogP contribution in [0.2, 0.25) is 0 Å². The first-order valence-corrected chi connectivity index (χ1v) is 6.24. The van der Waals surface area contributed by atoms with Crippen molar-refractivity contribution in [2.45, 2.75) is 25.8 Å². The Kier molecular flexibility index (Phi) is 4.20. The number of carbonyl (C=O) groups is 1. The highest BCUT2D eigenvalue weighted by molar-refractivity contribution is 5.71. The lowest BCUT2D eigenvalue weighted by atomic mass is 10.0. The number of hydrogen-bond donors (Lipinski definition) is 1. The maximum atomic E-state index is 11.0. The van der Waals surface area contributed by atoms with E-state index in [0.29, 0.717) is 0 Å². The molecule has 1 N–H and O–H groups in total. The third-order valence-corrected chi connectivity index (χ3v) is 3.12. The molecule has 1 aliphatic heterocycles. The molecule has 1 aromatic rings.